The monoisotopic (exact) mass is 337 g/mol. The number of allylic oxidation sites excluding steroid dienone is 1. The van der Waals surface area contributed by atoms with Crippen molar-refractivity contribution in [3.63, 3.8) is 0 Å². The molecule has 3 rings (SSSR count). The first-order chi connectivity index (χ1) is 12.0. The molecule has 0 aromatic heterocycles. The summed E-state index contributed by atoms with van der Waals surface area (Å²) < 4.78 is 0. The zero-order valence-electron chi connectivity index (χ0n) is 14.8. The van der Waals surface area contributed by atoms with E-state index in [0.717, 1.165) is 16.3 Å². The molecule has 1 aliphatic rings. The third-order valence-electron chi connectivity index (χ3n) is 4.66. The molecular formula is C20H23N3O2. The number of nitrogens with zero attached hydrogens (tertiary/aromatic N) is 1. The maximum atomic E-state index is 13.0. The molecule has 2 N–H and O–H groups in total. The highest BCUT2D eigenvalue weighted by Crippen LogP contribution is 2.30. The van der Waals surface area contributed by atoms with E-state index >= 15 is 0 Å². The third kappa shape index (κ3) is 3.22. The molecule has 1 aliphatic heterocycles. The molecule has 2 aromatic rings. The molecule has 25 heavy (non-hydrogen) atoms. The van der Waals surface area contributed by atoms with Crippen molar-refractivity contribution < 1.29 is 9.59 Å². The summed E-state index contributed by atoms with van der Waals surface area (Å²) in [5.74, 6) is -0.0480. The summed E-state index contributed by atoms with van der Waals surface area (Å²) in [6.07, 6.45) is 0. The lowest BCUT2D eigenvalue weighted by Gasteiger charge is -2.31. The predicted molar refractivity (Wildman–Crippen MR) is 99.0 cm³/mol. The lowest BCUT2D eigenvalue weighted by molar-refractivity contribution is -0.127. The Balaban J connectivity index is 2.08. The number of nitrogens with one attached hydrogen (secondary N) is 2. The van der Waals surface area contributed by atoms with Crippen molar-refractivity contribution in [3.05, 3.63) is 59.3 Å². The maximum absolute atomic E-state index is 13.0. The molecule has 0 saturated heterocycles. The van der Waals surface area contributed by atoms with E-state index in [-0.39, 0.29) is 11.9 Å². The number of likely N-dealkylation sites (N-methyl/N-ethyl adjacent to an activating group) is 1. The molecule has 5 heteroatoms. The average Bonchev–Trinajstić information content (AvgIpc) is 2.61. The van der Waals surface area contributed by atoms with E-state index < -0.39 is 6.04 Å². The Hall–Kier alpha value is -2.82. The smallest absolute Gasteiger partial charge is 0.319 e. The molecule has 3 amide bonds. The van der Waals surface area contributed by atoms with Gasteiger partial charge >= 0.3 is 6.03 Å². The SMILES string of the molecule is CCN(CC)C(=O)C1=C(C)NC(=O)N[C@@H]1c1ccc2ccccc2c1. The van der Waals surface area contributed by atoms with Crippen LogP contribution in [-0.2, 0) is 4.79 Å². The van der Waals surface area contributed by atoms with Gasteiger partial charge in [-0.1, -0.05) is 36.4 Å². The fourth-order valence-electron chi connectivity index (χ4n) is 3.30. The summed E-state index contributed by atoms with van der Waals surface area (Å²) in [5, 5.41) is 7.85. The quantitative estimate of drug-likeness (QED) is 0.899. The van der Waals surface area contributed by atoms with Gasteiger partial charge in [-0.05, 0) is 43.2 Å². The summed E-state index contributed by atoms with van der Waals surface area (Å²) in [7, 11) is 0. The van der Waals surface area contributed by atoms with E-state index in [2.05, 4.69) is 10.6 Å². The second-order valence-corrected chi connectivity index (χ2v) is 6.15. The number of rotatable bonds is 4. The van der Waals surface area contributed by atoms with Gasteiger partial charge in [0, 0.05) is 18.8 Å². The van der Waals surface area contributed by atoms with Crippen molar-refractivity contribution in [1.29, 1.82) is 0 Å². The average molecular weight is 337 g/mol. The van der Waals surface area contributed by atoms with Crippen LogP contribution in [0.25, 0.3) is 10.8 Å². The van der Waals surface area contributed by atoms with Crippen LogP contribution < -0.4 is 10.6 Å². The first-order valence-electron chi connectivity index (χ1n) is 8.61. The standard InChI is InChI=1S/C20H23N3O2/c1-4-23(5-2)19(24)17-13(3)21-20(25)22-18(17)16-11-10-14-8-6-7-9-15(14)12-16/h6-12,18H,4-5H2,1-3H3,(H2,21,22,25)/t18-/m1/s1. The van der Waals surface area contributed by atoms with E-state index in [4.69, 9.17) is 0 Å². The van der Waals surface area contributed by atoms with Gasteiger partial charge in [0.2, 0.25) is 0 Å². The third-order valence-corrected chi connectivity index (χ3v) is 4.66. The van der Waals surface area contributed by atoms with Gasteiger partial charge in [-0.3, -0.25) is 4.79 Å². The summed E-state index contributed by atoms with van der Waals surface area (Å²) >= 11 is 0. The van der Waals surface area contributed by atoms with E-state index in [1.165, 1.54) is 0 Å². The molecule has 0 bridgehead atoms. The molecule has 5 nitrogen and oxygen atoms in total. The second-order valence-electron chi connectivity index (χ2n) is 6.15. The summed E-state index contributed by atoms with van der Waals surface area (Å²) in [6.45, 7) is 6.95. The zero-order chi connectivity index (χ0) is 18.0. The van der Waals surface area contributed by atoms with Crippen molar-refractivity contribution >= 4 is 22.7 Å². The van der Waals surface area contributed by atoms with Crippen molar-refractivity contribution in [2.45, 2.75) is 26.8 Å². The van der Waals surface area contributed by atoms with Crippen LogP contribution in [-0.4, -0.2) is 29.9 Å². The highest BCUT2D eigenvalue weighted by Gasteiger charge is 2.32. The fraction of sp³-hybridized carbons (Fsp3) is 0.300. The van der Waals surface area contributed by atoms with Gasteiger partial charge in [-0.2, -0.15) is 0 Å². The largest absolute Gasteiger partial charge is 0.339 e. The molecule has 0 unspecified atom stereocenters. The number of hydrogen-bond donors (Lipinski definition) is 2. The minimum absolute atomic E-state index is 0.0480. The van der Waals surface area contributed by atoms with Crippen molar-refractivity contribution in [2.24, 2.45) is 0 Å². The zero-order valence-corrected chi connectivity index (χ0v) is 14.8. The van der Waals surface area contributed by atoms with Crippen LogP contribution in [0.1, 0.15) is 32.4 Å². The number of benzene rings is 2. The van der Waals surface area contributed by atoms with Crippen molar-refractivity contribution in [2.75, 3.05) is 13.1 Å². The molecule has 0 fully saturated rings. The van der Waals surface area contributed by atoms with Gasteiger partial charge in [-0.25, -0.2) is 4.79 Å². The predicted octanol–water partition coefficient (Wildman–Crippen LogP) is 3.34. The van der Waals surface area contributed by atoms with Gasteiger partial charge in [-0.15, -0.1) is 0 Å². The van der Waals surface area contributed by atoms with Crippen LogP contribution >= 0.6 is 0 Å². The lowest BCUT2D eigenvalue weighted by atomic mass is 9.93. The lowest BCUT2D eigenvalue weighted by Crippen LogP contribution is -2.47. The second kappa shape index (κ2) is 6.97. The van der Waals surface area contributed by atoms with E-state index in [0.29, 0.717) is 24.4 Å². The van der Waals surface area contributed by atoms with Crippen LogP contribution in [0.4, 0.5) is 4.79 Å². The number of urea groups is 1. The van der Waals surface area contributed by atoms with E-state index in [9.17, 15) is 9.59 Å². The number of carbonyl (C=O) groups excluding carboxylic acids is 2. The number of amides is 3. The highest BCUT2D eigenvalue weighted by atomic mass is 16.2. The van der Waals surface area contributed by atoms with E-state index in [1.54, 1.807) is 11.8 Å². The summed E-state index contributed by atoms with van der Waals surface area (Å²) in [5.41, 5.74) is 2.11. The fourth-order valence-corrected chi connectivity index (χ4v) is 3.30. The number of carbonyl (C=O) groups is 2. The Kier molecular flexibility index (Phi) is 4.74. The van der Waals surface area contributed by atoms with Crippen LogP contribution in [0.2, 0.25) is 0 Å². The van der Waals surface area contributed by atoms with Gasteiger partial charge in [0.25, 0.3) is 5.91 Å². The van der Waals surface area contributed by atoms with Crippen LogP contribution in [0.15, 0.2) is 53.7 Å². The summed E-state index contributed by atoms with van der Waals surface area (Å²) in [6, 6.07) is 13.3. The highest BCUT2D eigenvalue weighted by molar-refractivity contribution is 5.99. The van der Waals surface area contributed by atoms with Crippen LogP contribution in [0, 0.1) is 0 Å². The number of hydrogen-bond acceptors (Lipinski definition) is 2. The van der Waals surface area contributed by atoms with Gasteiger partial charge < -0.3 is 15.5 Å². The van der Waals surface area contributed by atoms with E-state index in [1.807, 2.05) is 56.3 Å². The topological polar surface area (TPSA) is 61.4 Å². The molecular weight excluding hydrogens is 314 g/mol. The number of fused-ring (bicyclic) bond motifs is 1. The molecule has 2 aromatic carbocycles. The normalized spacial score (nSPS) is 17.2. The Morgan fingerprint density at radius 2 is 1.76 bits per heavy atom. The molecule has 0 spiro atoms. The van der Waals surface area contributed by atoms with Crippen molar-refractivity contribution in [1.82, 2.24) is 15.5 Å². The minimum atomic E-state index is -0.452. The van der Waals surface area contributed by atoms with Crippen LogP contribution in [0.5, 0.6) is 0 Å². The Bertz CT molecular complexity index is 853. The van der Waals surface area contributed by atoms with Gasteiger partial charge in [0.1, 0.15) is 0 Å². The van der Waals surface area contributed by atoms with Gasteiger partial charge in [0.05, 0.1) is 11.6 Å². The molecule has 0 radical (unpaired) electrons. The molecule has 0 saturated carbocycles. The Morgan fingerprint density at radius 3 is 2.44 bits per heavy atom. The molecule has 130 valence electrons. The molecule has 1 heterocycles. The molecule has 0 aliphatic carbocycles. The Morgan fingerprint density at radius 1 is 1.08 bits per heavy atom. The maximum Gasteiger partial charge on any atom is 0.319 e. The van der Waals surface area contributed by atoms with Gasteiger partial charge in [0.15, 0.2) is 0 Å². The Labute approximate surface area is 147 Å². The minimum Gasteiger partial charge on any atom is -0.339 e. The van der Waals surface area contributed by atoms with Crippen LogP contribution in [0.3, 0.4) is 0 Å². The summed E-state index contributed by atoms with van der Waals surface area (Å²) in [4.78, 5) is 26.8. The first kappa shape index (κ1) is 17.0. The first-order valence-corrected chi connectivity index (χ1v) is 8.61. The van der Waals surface area contributed by atoms with Crippen molar-refractivity contribution in [3.8, 4) is 0 Å². The molecule has 1 atom stereocenters.